The van der Waals surface area contributed by atoms with Crippen LogP contribution in [0.2, 0.25) is 0 Å². The maximum Gasteiger partial charge on any atom is 0.342 e. The van der Waals surface area contributed by atoms with E-state index >= 15 is 0 Å². The average Bonchev–Trinajstić information content (AvgIpc) is 2.60. The van der Waals surface area contributed by atoms with Crippen LogP contribution in [0.1, 0.15) is 27.6 Å². The van der Waals surface area contributed by atoms with Gasteiger partial charge in [-0.25, -0.2) is 4.79 Å². The Hall–Kier alpha value is -2.27. The number of Topliss-reactive ketones (excluding diaryl/α,β-unsaturated/α-hetero) is 1. The molecule has 4 nitrogen and oxygen atoms in total. The second-order valence-electron chi connectivity index (χ2n) is 4.84. The van der Waals surface area contributed by atoms with Gasteiger partial charge in [0.05, 0.1) is 7.11 Å². The number of methoxy groups -OCH3 is 1. The quantitative estimate of drug-likeness (QED) is 0.457. The minimum Gasteiger partial charge on any atom is -0.496 e. The van der Waals surface area contributed by atoms with Crippen molar-refractivity contribution < 1.29 is 19.1 Å². The molecule has 0 fully saturated rings. The molecule has 0 aliphatic carbocycles. The Kier molecular flexibility index (Phi) is 5.82. The highest BCUT2D eigenvalue weighted by Gasteiger charge is 2.22. The molecule has 2 rings (SSSR count). The number of hydrogen-bond donors (Lipinski definition) is 0. The van der Waals surface area contributed by atoms with Gasteiger partial charge >= 0.3 is 5.97 Å². The first-order valence-electron chi connectivity index (χ1n) is 7.09. The number of rotatable bonds is 6. The van der Waals surface area contributed by atoms with Gasteiger partial charge in [0, 0.05) is 10.5 Å². The first-order valence-corrected chi connectivity index (χ1v) is 8.31. The molecule has 0 N–H and O–H groups in total. The van der Waals surface area contributed by atoms with E-state index in [2.05, 4.69) is 0 Å². The van der Waals surface area contributed by atoms with Crippen molar-refractivity contribution in [1.82, 2.24) is 0 Å². The molecule has 0 heterocycles. The number of esters is 1. The minimum absolute atomic E-state index is 0.237. The third-order valence-electron chi connectivity index (χ3n) is 3.34. The molecule has 0 aliphatic heterocycles. The summed E-state index contributed by atoms with van der Waals surface area (Å²) < 4.78 is 10.5. The lowest BCUT2D eigenvalue weighted by Crippen LogP contribution is -2.24. The minimum atomic E-state index is -0.866. The van der Waals surface area contributed by atoms with Crippen LogP contribution >= 0.6 is 11.8 Å². The van der Waals surface area contributed by atoms with Crippen molar-refractivity contribution >= 4 is 23.5 Å². The Morgan fingerprint density at radius 2 is 1.78 bits per heavy atom. The van der Waals surface area contributed by atoms with Gasteiger partial charge in [-0.3, -0.25) is 4.79 Å². The zero-order valence-electron chi connectivity index (χ0n) is 13.2. The Bertz CT molecular complexity index is 697. The molecular formula is C18H18O4S. The lowest BCUT2D eigenvalue weighted by molar-refractivity contribution is 0.0316. The fourth-order valence-corrected chi connectivity index (χ4v) is 2.51. The lowest BCUT2D eigenvalue weighted by atomic mass is 10.1. The van der Waals surface area contributed by atoms with Gasteiger partial charge < -0.3 is 9.47 Å². The van der Waals surface area contributed by atoms with Crippen LogP contribution in [-0.2, 0) is 4.74 Å². The van der Waals surface area contributed by atoms with E-state index in [1.807, 2.05) is 18.4 Å². The van der Waals surface area contributed by atoms with Crippen molar-refractivity contribution in [3.63, 3.8) is 0 Å². The molecule has 0 bridgehead atoms. The highest BCUT2D eigenvalue weighted by atomic mass is 32.2. The van der Waals surface area contributed by atoms with Crippen LogP contribution in [0.4, 0.5) is 0 Å². The smallest absolute Gasteiger partial charge is 0.342 e. The molecule has 0 aromatic heterocycles. The summed E-state index contributed by atoms with van der Waals surface area (Å²) in [6.45, 7) is 1.57. The van der Waals surface area contributed by atoms with Crippen LogP contribution in [0, 0.1) is 0 Å². The topological polar surface area (TPSA) is 52.6 Å². The zero-order chi connectivity index (χ0) is 16.8. The number of hydrogen-bond acceptors (Lipinski definition) is 5. The maximum absolute atomic E-state index is 12.3. The largest absolute Gasteiger partial charge is 0.496 e. The van der Waals surface area contributed by atoms with E-state index in [4.69, 9.17) is 9.47 Å². The zero-order valence-corrected chi connectivity index (χ0v) is 14.1. The van der Waals surface area contributed by atoms with E-state index in [0.717, 1.165) is 4.90 Å². The van der Waals surface area contributed by atoms with Gasteiger partial charge in [-0.1, -0.05) is 30.3 Å². The van der Waals surface area contributed by atoms with Crippen molar-refractivity contribution in [2.75, 3.05) is 13.4 Å². The third-order valence-corrected chi connectivity index (χ3v) is 4.07. The first kappa shape index (κ1) is 17.1. The number of carbonyl (C=O) groups excluding carboxylic acids is 2. The van der Waals surface area contributed by atoms with Crippen molar-refractivity contribution in [2.45, 2.75) is 17.9 Å². The van der Waals surface area contributed by atoms with Crippen LogP contribution in [0.25, 0.3) is 0 Å². The molecule has 1 unspecified atom stereocenters. The van der Waals surface area contributed by atoms with Gasteiger partial charge in [0.2, 0.25) is 5.78 Å². The standard InChI is InChI=1S/C18H18O4S/c1-12(17(19)13-7-5-4-6-8-13)22-18(20)15-10-9-14(23-3)11-16(15)21-2/h4-12H,1-3H3. The van der Waals surface area contributed by atoms with Crippen LogP contribution in [0.15, 0.2) is 53.4 Å². The van der Waals surface area contributed by atoms with Gasteiger partial charge in [-0.2, -0.15) is 0 Å². The molecule has 0 spiro atoms. The summed E-state index contributed by atoms with van der Waals surface area (Å²) in [4.78, 5) is 25.5. The molecule has 5 heteroatoms. The Labute approximate surface area is 139 Å². The lowest BCUT2D eigenvalue weighted by Gasteiger charge is -2.14. The van der Waals surface area contributed by atoms with E-state index < -0.39 is 12.1 Å². The summed E-state index contributed by atoms with van der Waals surface area (Å²) in [5.74, 6) is -0.383. The Morgan fingerprint density at radius 1 is 1.09 bits per heavy atom. The van der Waals surface area contributed by atoms with E-state index in [-0.39, 0.29) is 5.78 Å². The van der Waals surface area contributed by atoms with E-state index in [1.165, 1.54) is 7.11 Å². The second kappa shape index (κ2) is 7.83. The summed E-state index contributed by atoms with van der Waals surface area (Å²) in [6, 6.07) is 14.0. The summed E-state index contributed by atoms with van der Waals surface area (Å²) in [5.41, 5.74) is 0.815. The molecule has 1 atom stereocenters. The van der Waals surface area contributed by atoms with Crippen molar-refractivity contribution in [3.05, 3.63) is 59.7 Å². The van der Waals surface area contributed by atoms with Crippen molar-refractivity contribution in [3.8, 4) is 5.75 Å². The van der Waals surface area contributed by atoms with Gasteiger partial charge in [0.15, 0.2) is 6.10 Å². The molecule has 23 heavy (non-hydrogen) atoms. The summed E-state index contributed by atoms with van der Waals surface area (Å²) in [5, 5.41) is 0. The second-order valence-corrected chi connectivity index (χ2v) is 5.72. The molecule has 2 aromatic carbocycles. The third kappa shape index (κ3) is 4.13. The summed E-state index contributed by atoms with van der Waals surface area (Å²) >= 11 is 1.55. The van der Waals surface area contributed by atoms with Gasteiger partial charge in [0.1, 0.15) is 11.3 Å². The fourth-order valence-electron chi connectivity index (χ4n) is 2.08. The molecular weight excluding hydrogens is 312 g/mol. The Morgan fingerprint density at radius 3 is 2.39 bits per heavy atom. The first-order chi connectivity index (χ1) is 11.1. The van der Waals surface area contributed by atoms with E-state index in [1.54, 1.807) is 55.1 Å². The summed E-state index contributed by atoms with van der Waals surface area (Å²) in [6.07, 6.45) is 1.07. The number of ketones is 1. The van der Waals surface area contributed by atoms with Crippen LogP contribution in [-0.4, -0.2) is 31.2 Å². The molecule has 120 valence electrons. The highest BCUT2D eigenvalue weighted by Crippen LogP contribution is 2.26. The van der Waals surface area contributed by atoms with Crippen molar-refractivity contribution in [2.24, 2.45) is 0 Å². The predicted octanol–water partition coefficient (Wildman–Crippen LogP) is 3.85. The van der Waals surface area contributed by atoms with Gasteiger partial charge in [-0.15, -0.1) is 11.8 Å². The monoisotopic (exact) mass is 330 g/mol. The fraction of sp³-hybridized carbons (Fsp3) is 0.222. The number of thioether (sulfide) groups is 1. The Balaban J connectivity index is 2.14. The number of ether oxygens (including phenoxy) is 2. The molecule has 0 amide bonds. The van der Waals surface area contributed by atoms with Crippen LogP contribution in [0.3, 0.4) is 0 Å². The number of carbonyl (C=O) groups is 2. The molecule has 0 aliphatic rings. The predicted molar refractivity (Wildman–Crippen MR) is 90.4 cm³/mol. The van der Waals surface area contributed by atoms with Crippen LogP contribution < -0.4 is 4.74 Å². The molecule has 0 saturated carbocycles. The maximum atomic E-state index is 12.3. The van der Waals surface area contributed by atoms with Gasteiger partial charge in [0.25, 0.3) is 0 Å². The normalized spacial score (nSPS) is 11.6. The number of benzene rings is 2. The molecule has 2 aromatic rings. The summed E-state index contributed by atoms with van der Waals surface area (Å²) in [7, 11) is 1.49. The van der Waals surface area contributed by atoms with Crippen molar-refractivity contribution in [1.29, 1.82) is 0 Å². The molecule has 0 saturated heterocycles. The van der Waals surface area contributed by atoms with Gasteiger partial charge in [-0.05, 0) is 31.4 Å². The van der Waals surface area contributed by atoms with Crippen LogP contribution in [0.5, 0.6) is 5.75 Å². The van der Waals surface area contributed by atoms with E-state index in [0.29, 0.717) is 16.9 Å². The average molecular weight is 330 g/mol. The highest BCUT2D eigenvalue weighted by molar-refractivity contribution is 7.98. The molecule has 0 radical (unpaired) electrons. The van der Waals surface area contributed by atoms with E-state index in [9.17, 15) is 9.59 Å². The SMILES string of the molecule is COc1cc(SC)ccc1C(=O)OC(C)C(=O)c1ccccc1.